The molecule has 11 heavy (non-hydrogen) atoms. The lowest BCUT2D eigenvalue weighted by atomic mass is 9.72. The third-order valence-electron chi connectivity index (χ3n) is 3.79. The molecule has 0 aromatic rings. The Bertz CT molecular complexity index is 219. The monoisotopic (exact) mass is 150 g/mol. The molecule has 0 radical (unpaired) electrons. The second-order valence-corrected chi connectivity index (χ2v) is 4.16. The molecular formula is C10H14O. The quantitative estimate of drug-likeness (QED) is 0.413. The molecule has 2 aliphatic carbocycles. The minimum absolute atomic E-state index is 0.0561. The van der Waals surface area contributed by atoms with Gasteiger partial charge in [-0.1, -0.05) is 26.0 Å². The molecule has 0 amide bonds. The summed E-state index contributed by atoms with van der Waals surface area (Å²) < 4.78 is 0. The first-order valence-corrected chi connectivity index (χ1v) is 4.33. The van der Waals surface area contributed by atoms with E-state index in [2.05, 4.69) is 26.0 Å². The van der Waals surface area contributed by atoms with Gasteiger partial charge in [0, 0.05) is 5.41 Å². The van der Waals surface area contributed by atoms with Crippen LogP contribution in [0, 0.1) is 23.2 Å². The van der Waals surface area contributed by atoms with E-state index in [4.69, 9.17) is 0 Å². The van der Waals surface area contributed by atoms with Crippen molar-refractivity contribution in [3.63, 3.8) is 0 Å². The van der Waals surface area contributed by atoms with Gasteiger partial charge in [0.05, 0.1) is 0 Å². The SMILES string of the molecule is CC1[C@H]2C=C[C@H](C2)[C@]1(C)C=O. The first-order valence-electron chi connectivity index (χ1n) is 4.33. The van der Waals surface area contributed by atoms with Crippen LogP contribution < -0.4 is 0 Å². The molecule has 1 fully saturated rings. The molecule has 1 heteroatoms. The summed E-state index contributed by atoms with van der Waals surface area (Å²) in [5.41, 5.74) is -0.0561. The van der Waals surface area contributed by atoms with Crippen molar-refractivity contribution in [2.45, 2.75) is 20.3 Å². The lowest BCUT2D eigenvalue weighted by Crippen LogP contribution is -2.30. The molecule has 4 atom stereocenters. The van der Waals surface area contributed by atoms with Crippen LogP contribution >= 0.6 is 0 Å². The molecule has 0 aliphatic heterocycles. The standard InChI is InChI=1S/C10H14O/c1-7-8-3-4-9(5-8)10(7,2)6-11/h3-4,6-9H,5H2,1-2H3/t7?,8-,9+,10+/m0/s1. The molecule has 1 nitrogen and oxygen atoms in total. The number of allylic oxidation sites excluding steroid dienone is 2. The maximum Gasteiger partial charge on any atom is 0.126 e. The van der Waals surface area contributed by atoms with Crippen LogP contribution in [0.3, 0.4) is 0 Å². The van der Waals surface area contributed by atoms with Gasteiger partial charge in [0.25, 0.3) is 0 Å². The molecular weight excluding hydrogens is 136 g/mol. The van der Waals surface area contributed by atoms with Gasteiger partial charge in [0.1, 0.15) is 6.29 Å². The predicted molar refractivity (Wildman–Crippen MR) is 44.1 cm³/mol. The highest BCUT2D eigenvalue weighted by molar-refractivity contribution is 5.62. The van der Waals surface area contributed by atoms with E-state index in [1.807, 2.05) is 0 Å². The zero-order valence-corrected chi connectivity index (χ0v) is 7.08. The maximum atomic E-state index is 10.9. The second kappa shape index (κ2) is 1.96. The Hall–Kier alpha value is -0.590. The highest BCUT2D eigenvalue weighted by Gasteiger charge is 2.50. The summed E-state index contributed by atoms with van der Waals surface area (Å²) in [4.78, 5) is 10.9. The van der Waals surface area contributed by atoms with Crippen LogP contribution in [-0.4, -0.2) is 6.29 Å². The summed E-state index contributed by atoms with van der Waals surface area (Å²) in [6, 6.07) is 0. The molecule has 2 bridgehead atoms. The Kier molecular flexibility index (Phi) is 1.26. The van der Waals surface area contributed by atoms with Crippen LogP contribution in [0.1, 0.15) is 20.3 Å². The van der Waals surface area contributed by atoms with E-state index in [1.54, 1.807) is 0 Å². The Morgan fingerprint density at radius 3 is 2.64 bits per heavy atom. The van der Waals surface area contributed by atoms with Crippen LogP contribution in [0.4, 0.5) is 0 Å². The van der Waals surface area contributed by atoms with Gasteiger partial charge in [-0.3, -0.25) is 0 Å². The van der Waals surface area contributed by atoms with Crippen molar-refractivity contribution >= 4 is 6.29 Å². The van der Waals surface area contributed by atoms with E-state index in [9.17, 15) is 4.79 Å². The molecule has 0 N–H and O–H groups in total. The van der Waals surface area contributed by atoms with Crippen molar-refractivity contribution in [1.29, 1.82) is 0 Å². The first-order chi connectivity index (χ1) is 5.18. The number of fused-ring (bicyclic) bond motifs is 2. The molecule has 0 heterocycles. The lowest BCUT2D eigenvalue weighted by Gasteiger charge is -2.30. The Labute approximate surface area is 67.5 Å². The van der Waals surface area contributed by atoms with Crippen molar-refractivity contribution in [2.24, 2.45) is 23.2 Å². The number of hydrogen-bond donors (Lipinski definition) is 0. The summed E-state index contributed by atoms with van der Waals surface area (Å²) in [5, 5.41) is 0. The van der Waals surface area contributed by atoms with Crippen molar-refractivity contribution in [3.05, 3.63) is 12.2 Å². The third-order valence-corrected chi connectivity index (χ3v) is 3.79. The van der Waals surface area contributed by atoms with E-state index in [1.165, 1.54) is 6.42 Å². The minimum Gasteiger partial charge on any atom is -0.303 e. The molecule has 0 spiro atoms. The number of carbonyl (C=O) groups is 1. The summed E-state index contributed by atoms with van der Waals surface area (Å²) in [7, 11) is 0. The van der Waals surface area contributed by atoms with Gasteiger partial charge in [-0.2, -0.15) is 0 Å². The van der Waals surface area contributed by atoms with Gasteiger partial charge in [-0.25, -0.2) is 0 Å². The van der Waals surface area contributed by atoms with Gasteiger partial charge < -0.3 is 4.79 Å². The summed E-state index contributed by atoms with van der Waals surface area (Å²) in [5.74, 6) is 1.75. The molecule has 2 aliphatic rings. The van der Waals surface area contributed by atoms with E-state index >= 15 is 0 Å². The number of hydrogen-bond acceptors (Lipinski definition) is 1. The zero-order valence-electron chi connectivity index (χ0n) is 7.08. The van der Waals surface area contributed by atoms with Gasteiger partial charge in [-0.05, 0) is 24.2 Å². The van der Waals surface area contributed by atoms with Crippen molar-refractivity contribution in [1.82, 2.24) is 0 Å². The van der Waals surface area contributed by atoms with Crippen LogP contribution in [0.2, 0.25) is 0 Å². The third kappa shape index (κ3) is 0.688. The van der Waals surface area contributed by atoms with Gasteiger partial charge in [0.15, 0.2) is 0 Å². The Balaban J connectivity index is 2.38. The Morgan fingerprint density at radius 1 is 1.55 bits per heavy atom. The van der Waals surface area contributed by atoms with Crippen LogP contribution in [-0.2, 0) is 4.79 Å². The molecule has 0 aromatic heterocycles. The molecule has 0 saturated heterocycles. The van der Waals surface area contributed by atoms with E-state index in [0.717, 1.165) is 6.29 Å². The fraction of sp³-hybridized carbons (Fsp3) is 0.700. The number of carbonyl (C=O) groups excluding carboxylic acids is 1. The average Bonchev–Trinajstić information content (AvgIpc) is 2.56. The molecule has 0 aromatic carbocycles. The molecule has 2 rings (SSSR count). The topological polar surface area (TPSA) is 17.1 Å². The Morgan fingerprint density at radius 2 is 2.27 bits per heavy atom. The maximum absolute atomic E-state index is 10.9. The number of aldehydes is 1. The van der Waals surface area contributed by atoms with Crippen LogP contribution in [0.5, 0.6) is 0 Å². The molecule has 1 saturated carbocycles. The van der Waals surface area contributed by atoms with Crippen molar-refractivity contribution in [2.75, 3.05) is 0 Å². The number of rotatable bonds is 1. The van der Waals surface area contributed by atoms with E-state index in [-0.39, 0.29) is 5.41 Å². The van der Waals surface area contributed by atoms with Gasteiger partial charge >= 0.3 is 0 Å². The fourth-order valence-corrected chi connectivity index (χ4v) is 2.55. The van der Waals surface area contributed by atoms with E-state index < -0.39 is 0 Å². The fourth-order valence-electron chi connectivity index (χ4n) is 2.55. The van der Waals surface area contributed by atoms with Crippen molar-refractivity contribution < 1.29 is 4.79 Å². The molecule has 1 unspecified atom stereocenters. The lowest BCUT2D eigenvalue weighted by molar-refractivity contribution is -0.118. The summed E-state index contributed by atoms with van der Waals surface area (Å²) >= 11 is 0. The predicted octanol–water partition coefficient (Wildman–Crippen LogP) is 2.03. The highest BCUT2D eigenvalue weighted by atomic mass is 16.1. The van der Waals surface area contributed by atoms with Gasteiger partial charge in [-0.15, -0.1) is 0 Å². The highest BCUT2D eigenvalue weighted by Crippen LogP contribution is 2.54. The summed E-state index contributed by atoms with van der Waals surface area (Å²) in [6.45, 7) is 4.29. The van der Waals surface area contributed by atoms with Gasteiger partial charge in [0.2, 0.25) is 0 Å². The normalized spacial score (nSPS) is 53.5. The van der Waals surface area contributed by atoms with E-state index in [0.29, 0.717) is 17.8 Å². The smallest absolute Gasteiger partial charge is 0.126 e. The largest absolute Gasteiger partial charge is 0.303 e. The molecule has 60 valence electrons. The van der Waals surface area contributed by atoms with Crippen molar-refractivity contribution in [3.8, 4) is 0 Å². The minimum atomic E-state index is -0.0561. The summed E-state index contributed by atoms with van der Waals surface area (Å²) in [6.07, 6.45) is 6.86. The second-order valence-electron chi connectivity index (χ2n) is 4.16. The zero-order chi connectivity index (χ0) is 8.06. The average molecular weight is 150 g/mol. The van der Waals surface area contributed by atoms with Crippen LogP contribution in [0.15, 0.2) is 12.2 Å². The van der Waals surface area contributed by atoms with Crippen LogP contribution in [0.25, 0.3) is 0 Å². The first kappa shape index (κ1) is 7.08.